The van der Waals surface area contributed by atoms with Crippen LogP contribution in [-0.4, -0.2) is 23.2 Å². The summed E-state index contributed by atoms with van der Waals surface area (Å²) in [5.74, 6) is 0.943. The summed E-state index contributed by atoms with van der Waals surface area (Å²) in [4.78, 5) is 19.7. The molecule has 1 aromatic heterocycles. The quantitative estimate of drug-likeness (QED) is 0.802. The number of aryl methyl sites for hydroxylation is 1. The molecule has 1 aromatic carbocycles. The maximum atomic E-state index is 12.4. The van der Waals surface area contributed by atoms with Crippen molar-refractivity contribution in [2.24, 2.45) is 0 Å². The average molecular weight is 276 g/mol. The summed E-state index contributed by atoms with van der Waals surface area (Å²) in [5.41, 5.74) is 1.56. The van der Waals surface area contributed by atoms with Gasteiger partial charge in [-0.15, -0.1) is 23.1 Å². The molecule has 0 fully saturated rings. The number of hydrogen-bond acceptors (Lipinski definition) is 4. The third-order valence-corrected chi connectivity index (χ3v) is 4.63. The number of para-hydroxylation sites is 1. The SMILES string of the molecule is Cc1nc(C(=O)N2CCSc3ccccc32)cs1. The molecule has 0 saturated heterocycles. The highest BCUT2D eigenvalue weighted by Crippen LogP contribution is 2.35. The fraction of sp³-hybridized carbons (Fsp3) is 0.231. The largest absolute Gasteiger partial charge is 0.305 e. The number of thiazole rings is 1. The molecule has 3 nitrogen and oxygen atoms in total. The van der Waals surface area contributed by atoms with Gasteiger partial charge >= 0.3 is 0 Å². The Morgan fingerprint density at radius 1 is 1.39 bits per heavy atom. The van der Waals surface area contributed by atoms with E-state index < -0.39 is 0 Å². The summed E-state index contributed by atoms with van der Waals surface area (Å²) in [5, 5.41) is 2.76. The van der Waals surface area contributed by atoms with Gasteiger partial charge in [0.2, 0.25) is 0 Å². The van der Waals surface area contributed by atoms with Crippen molar-refractivity contribution in [2.45, 2.75) is 11.8 Å². The Kier molecular flexibility index (Phi) is 3.09. The number of benzene rings is 1. The predicted molar refractivity (Wildman–Crippen MR) is 75.7 cm³/mol. The van der Waals surface area contributed by atoms with Gasteiger partial charge in [0.25, 0.3) is 5.91 Å². The first-order chi connectivity index (χ1) is 8.75. The minimum absolute atomic E-state index is 0.00657. The Labute approximate surface area is 114 Å². The third kappa shape index (κ3) is 2.04. The van der Waals surface area contributed by atoms with Crippen LogP contribution in [-0.2, 0) is 0 Å². The van der Waals surface area contributed by atoms with E-state index in [0.717, 1.165) is 23.0 Å². The minimum Gasteiger partial charge on any atom is -0.305 e. The first-order valence-corrected chi connectivity index (χ1v) is 7.58. The molecule has 1 amide bonds. The first kappa shape index (κ1) is 11.7. The molecule has 0 aliphatic carbocycles. The molecule has 18 heavy (non-hydrogen) atoms. The molecule has 92 valence electrons. The van der Waals surface area contributed by atoms with Gasteiger partial charge in [0.05, 0.1) is 10.7 Å². The standard InChI is InChI=1S/C13H12N2OS2/c1-9-14-10(8-18-9)13(16)15-6-7-17-12-5-3-2-4-11(12)15/h2-5,8H,6-7H2,1H3. The second-order valence-corrected chi connectivity index (χ2v) is 6.22. The van der Waals surface area contributed by atoms with E-state index in [1.807, 2.05) is 35.4 Å². The number of hydrogen-bond donors (Lipinski definition) is 0. The molecule has 0 N–H and O–H groups in total. The number of aromatic nitrogens is 1. The van der Waals surface area contributed by atoms with Gasteiger partial charge < -0.3 is 4.90 Å². The van der Waals surface area contributed by atoms with Crippen molar-refractivity contribution in [3.05, 3.63) is 40.3 Å². The van der Waals surface area contributed by atoms with Crippen LogP contribution in [0, 0.1) is 6.92 Å². The van der Waals surface area contributed by atoms with Crippen LogP contribution in [0.3, 0.4) is 0 Å². The van der Waals surface area contributed by atoms with Crippen LogP contribution in [0.5, 0.6) is 0 Å². The van der Waals surface area contributed by atoms with Crippen LogP contribution in [0.1, 0.15) is 15.5 Å². The Balaban J connectivity index is 1.96. The summed E-state index contributed by atoms with van der Waals surface area (Å²) in [6, 6.07) is 8.04. The summed E-state index contributed by atoms with van der Waals surface area (Å²) >= 11 is 3.31. The van der Waals surface area contributed by atoms with E-state index in [-0.39, 0.29) is 5.91 Å². The molecule has 0 unspecified atom stereocenters. The number of carbonyl (C=O) groups is 1. The molecule has 5 heteroatoms. The number of anilines is 1. The van der Waals surface area contributed by atoms with Crippen molar-refractivity contribution in [1.82, 2.24) is 4.98 Å². The van der Waals surface area contributed by atoms with Gasteiger partial charge in [-0.05, 0) is 19.1 Å². The summed E-state index contributed by atoms with van der Waals surface area (Å²) in [6.07, 6.45) is 0. The molecule has 3 rings (SSSR count). The fourth-order valence-corrected chi connectivity index (χ4v) is 3.56. The Bertz CT molecular complexity index is 594. The number of thioether (sulfide) groups is 1. The first-order valence-electron chi connectivity index (χ1n) is 5.71. The van der Waals surface area contributed by atoms with E-state index in [2.05, 4.69) is 11.1 Å². The van der Waals surface area contributed by atoms with Crippen LogP contribution >= 0.6 is 23.1 Å². The second kappa shape index (κ2) is 4.74. The van der Waals surface area contributed by atoms with Crippen molar-refractivity contribution in [3.8, 4) is 0 Å². The molecule has 0 radical (unpaired) electrons. The normalized spacial score (nSPS) is 14.4. The zero-order chi connectivity index (χ0) is 12.5. The van der Waals surface area contributed by atoms with Gasteiger partial charge in [-0.1, -0.05) is 12.1 Å². The second-order valence-electron chi connectivity index (χ2n) is 4.02. The lowest BCUT2D eigenvalue weighted by Crippen LogP contribution is -2.35. The lowest BCUT2D eigenvalue weighted by atomic mass is 10.2. The number of amides is 1. The van der Waals surface area contributed by atoms with Gasteiger partial charge in [-0.25, -0.2) is 4.98 Å². The number of nitrogens with zero attached hydrogens (tertiary/aromatic N) is 2. The third-order valence-electron chi connectivity index (χ3n) is 2.81. The molecule has 2 heterocycles. The Morgan fingerprint density at radius 2 is 2.22 bits per heavy atom. The fourth-order valence-electron chi connectivity index (χ4n) is 1.98. The van der Waals surface area contributed by atoms with Crippen LogP contribution in [0.2, 0.25) is 0 Å². The van der Waals surface area contributed by atoms with Crippen LogP contribution in [0.4, 0.5) is 5.69 Å². The van der Waals surface area contributed by atoms with E-state index in [0.29, 0.717) is 5.69 Å². The molecular formula is C13H12N2OS2. The Morgan fingerprint density at radius 3 is 3.00 bits per heavy atom. The number of carbonyl (C=O) groups excluding carboxylic acids is 1. The highest BCUT2D eigenvalue weighted by Gasteiger charge is 2.24. The van der Waals surface area contributed by atoms with Crippen LogP contribution < -0.4 is 4.90 Å². The number of rotatable bonds is 1. The van der Waals surface area contributed by atoms with E-state index in [1.54, 1.807) is 11.8 Å². The summed E-state index contributed by atoms with van der Waals surface area (Å²) < 4.78 is 0. The molecule has 0 saturated carbocycles. The summed E-state index contributed by atoms with van der Waals surface area (Å²) in [6.45, 7) is 2.67. The zero-order valence-electron chi connectivity index (χ0n) is 9.92. The van der Waals surface area contributed by atoms with E-state index in [4.69, 9.17) is 0 Å². The smallest absolute Gasteiger partial charge is 0.277 e. The lowest BCUT2D eigenvalue weighted by Gasteiger charge is -2.28. The monoisotopic (exact) mass is 276 g/mol. The minimum atomic E-state index is 0.00657. The van der Waals surface area contributed by atoms with Crippen LogP contribution in [0.15, 0.2) is 34.5 Å². The van der Waals surface area contributed by atoms with E-state index in [1.165, 1.54) is 16.2 Å². The van der Waals surface area contributed by atoms with Gasteiger partial charge in [0.15, 0.2) is 0 Å². The zero-order valence-corrected chi connectivity index (χ0v) is 11.6. The van der Waals surface area contributed by atoms with Crippen molar-refractivity contribution < 1.29 is 4.79 Å². The van der Waals surface area contributed by atoms with Crippen LogP contribution in [0.25, 0.3) is 0 Å². The van der Waals surface area contributed by atoms with Gasteiger partial charge in [0, 0.05) is 22.6 Å². The van der Waals surface area contributed by atoms with Crippen molar-refractivity contribution in [1.29, 1.82) is 0 Å². The maximum Gasteiger partial charge on any atom is 0.277 e. The summed E-state index contributed by atoms with van der Waals surface area (Å²) in [7, 11) is 0. The molecule has 1 aliphatic heterocycles. The number of fused-ring (bicyclic) bond motifs is 1. The highest BCUT2D eigenvalue weighted by molar-refractivity contribution is 7.99. The lowest BCUT2D eigenvalue weighted by molar-refractivity contribution is 0.0983. The van der Waals surface area contributed by atoms with E-state index >= 15 is 0 Å². The highest BCUT2D eigenvalue weighted by atomic mass is 32.2. The maximum absolute atomic E-state index is 12.4. The molecular weight excluding hydrogens is 264 g/mol. The molecule has 0 atom stereocenters. The predicted octanol–water partition coefficient (Wildman–Crippen LogP) is 3.20. The van der Waals surface area contributed by atoms with Gasteiger partial charge in [-0.2, -0.15) is 0 Å². The van der Waals surface area contributed by atoms with Crippen molar-refractivity contribution >= 4 is 34.7 Å². The van der Waals surface area contributed by atoms with Crippen molar-refractivity contribution in [2.75, 3.05) is 17.2 Å². The Hall–Kier alpha value is -1.33. The van der Waals surface area contributed by atoms with E-state index in [9.17, 15) is 4.79 Å². The average Bonchev–Trinajstić information content (AvgIpc) is 2.84. The molecule has 0 spiro atoms. The molecule has 2 aromatic rings. The molecule has 1 aliphatic rings. The topological polar surface area (TPSA) is 33.2 Å². The van der Waals surface area contributed by atoms with Crippen molar-refractivity contribution in [3.63, 3.8) is 0 Å². The van der Waals surface area contributed by atoms with Gasteiger partial charge in [0.1, 0.15) is 5.69 Å². The van der Waals surface area contributed by atoms with Gasteiger partial charge in [-0.3, -0.25) is 4.79 Å². The molecule has 0 bridgehead atoms.